The molecule has 2 amide bonds. The summed E-state index contributed by atoms with van der Waals surface area (Å²) in [5.41, 5.74) is 1.000. The molecule has 116 valence electrons. The molecule has 1 aromatic carbocycles. The second-order valence-corrected chi connectivity index (χ2v) is 6.82. The molecule has 1 aromatic heterocycles. The Hall–Kier alpha value is -1.66. The fourth-order valence-electron chi connectivity index (χ4n) is 1.94. The summed E-state index contributed by atoms with van der Waals surface area (Å²) in [6, 6.07) is 10.6. The van der Waals surface area contributed by atoms with E-state index in [-0.39, 0.29) is 17.9 Å². The maximum atomic E-state index is 12.2. The first-order chi connectivity index (χ1) is 10.5. The van der Waals surface area contributed by atoms with Gasteiger partial charge in [0.2, 0.25) is 5.91 Å². The molecule has 0 saturated heterocycles. The molecule has 2 N–H and O–H groups in total. The summed E-state index contributed by atoms with van der Waals surface area (Å²) in [6.45, 7) is 3.59. The number of hydrogen-bond acceptors (Lipinski definition) is 3. The van der Waals surface area contributed by atoms with Gasteiger partial charge in [0, 0.05) is 4.47 Å². The average Bonchev–Trinajstić information content (AvgIpc) is 3.01. The van der Waals surface area contributed by atoms with E-state index in [0.717, 1.165) is 10.0 Å². The van der Waals surface area contributed by atoms with E-state index < -0.39 is 6.04 Å². The number of rotatable bonds is 5. The van der Waals surface area contributed by atoms with E-state index >= 15 is 0 Å². The second-order valence-electron chi connectivity index (χ2n) is 4.96. The number of carbonyl (C=O) groups excluding carboxylic acids is 2. The molecule has 0 aliphatic carbocycles. The molecule has 0 fully saturated rings. The van der Waals surface area contributed by atoms with Crippen molar-refractivity contribution in [1.29, 1.82) is 0 Å². The first kappa shape index (κ1) is 16.7. The lowest BCUT2D eigenvalue weighted by atomic mass is 10.1. The van der Waals surface area contributed by atoms with Crippen LogP contribution in [-0.4, -0.2) is 17.9 Å². The van der Waals surface area contributed by atoms with Gasteiger partial charge >= 0.3 is 0 Å². The van der Waals surface area contributed by atoms with Crippen LogP contribution in [0.25, 0.3) is 0 Å². The van der Waals surface area contributed by atoms with Crippen LogP contribution in [0.1, 0.15) is 35.1 Å². The first-order valence-corrected chi connectivity index (χ1v) is 8.55. The highest BCUT2D eigenvalue weighted by molar-refractivity contribution is 9.10. The third-order valence-corrected chi connectivity index (χ3v) is 4.56. The van der Waals surface area contributed by atoms with Crippen LogP contribution in [0.4, 0.5) is 0 Å². The molecule has 2 unspecified atom stereocenters. The summed E-state index contributed by atoms with van der Waals surface area (Å²) in [5.74, 6) is -0.440. The molecule has 22 heavy (non-hydrogen) atoms. The van der Waals surface area contributed by atoms with Crippen LogP contribution in [0.2, 0.25) is 0 Å². The number of amides is 2. The van der Waals surface area contributed by atoms with E-state index in [1.807, 2.05) is 36.6 Å². The Bertz CT molecular complexity index is 658. The number of halogens is 1. The molecule has 2 rings (SSSR count). The maximum Gasteiger partial charge on any atom is 0.261 e. The van der Waals surface area contributed by atoms with Crippen molar-refractivity contribution in [3.8, 4) is 0 Å². The normalized spacial score (nSPS) is 13.2. The second kappa shape index (κ2) is 7.56. The molecule has 0 bridgehead atoms. The lowest BCUT2D eigenvalue weighted by Crippen LogP contribution is -2.45. The molecule has 2 atom stereocenters. The van der Waals surface area contributed by atoms with Gasteiger partial charge in [-0.2, -0.15) is 0 Å². The molecule has 1 heterocycles. The van der Waals surface area contributed by atoms with Gasteiger partial charge in [0.1, 0.15) is 6.04 Å². The van der Waals surface area contributed by atoms with Gasteiger partial charge < -0.3 is 10.6 Å². The molecular weight excluding hydrogens is 364 g/mol. The molecule has 0 radical (unpaired) electrons. The van der Waals surface area contributed by atoms with Crippen molar-refractivity contribution in [2.24, 2.45) is 0 Å². The highest BCUT2D eigenvalue weighted by Gasteiger charge is 2.19. The maximum absolute atomic E-state index is 12.2. The summed E-state index contributed by atoms with van der Waals surface area (Å²) >= 11 is 4.76. The zero-order chi connectivity index (χ0) is 16.1. The van der Waals surface area contributed by atoms with Crippen molar-refractivity contribution < 1.29 is 9.59 Å². The minimum atomic E-state index is -0.593. The minimum Gasteiger partial charge on any atom is -0.348 e. The highest BCUT2D eigenvalue weighted by Crippen LogP contribution is 2.18. The van der Waals surface area contributed by atoms with Crippen LogP contribution in [0.5, 0.6) is 0 Å². The summed E-state index contributed by atoms with van der Waals surface area (Å²) < 4.78 is 0.963. The molecule has 0 spiro atoms. The van der Waals surface area contributed by atoms with Gasteiger partial charge in [0.05, 0.1) is 10.9 Å². The van der Waals surface area contributed by atoms with E-state index in [9.17, 15) is 9.59 Å². The number of thiophene rings is 1. The van der Waals surface area contributed by atoms with Crippen molar-refractivity contribution in [2.45, 2.75) is 25.9 Å². The van der Waals surface area contributed by atoms with Crippen molar-refractivity contribution in [1.82, 2.24) is 10.6 Å². The number of carbonyl (C=O) groups is 2. The van der Waals surface area contributed by atoms with Gasteiger partial charge in [0.15, 0.2) is 0 Å². The van der Waals surface area contributed by atoms with Crippen molar-refractivity contribution in [3.05, 3.63) is 56.7 Å². The molecule has 0 aliphatic heterocycles. The number of nitrogens with one attached hydrogen (secondary N) is 2. The topological polar surface area (TPSA) is 58.2 Å². The highest BCUT2D eigenvalue weighted by atomic mass is 79.9. The fraction of sp³-hybridized carbons (Fsp3) is 0.250. The molecular formula is C16H17BrN2O2S. The van der Waals surface area contributed by atoms with Crippen molar-refractivity contribution in [2.75, 3.05) is 0 Å². The Morgan fingerprint density at radius 1 is 1.14 bits per heavy atom. The molecule has 4 nitrogen and oxygen atoms in total. The summed E-state index contributed by atoms with van der Waals surface area (Å²) in [5, 5.41) is 7.43. The van der Waals surface area contributed by atoms with Gasteiger partial charge in [-0.15, -0.1) is 11.3 Å². The van der Waals surface area contributed by atoms with Crippen LogP contribution in [0, 0.1) is 0 Å². The summed E-state index contributed by atoms with van der Waals surface area (Å²) in [6.07, 6.45) is 0. The first-order valence-electron chi connectivity index (χ1n) is 6.87. The van der Waals surface area contributed by atoms with E-state index in [2.05, 4.69) is 26.6 Å². The van der Waals surface area contributed by atoms with Crippen molar-refractivity contribution >= 4 is 39.1 Å². The van der Waals surface area contributed by atoms with Crippen molar-refractivity contribution in [3.63, 3.8) is 0 Å². The molecule has 0 saturated carbocycles. The largest absolute Gasteiger partial charge is 0.348 e. The average molecular weight is 381 g/mol. The van der Waals surface area contributed by atoms with Crippen LogP contribution in [-0.2, 0) is 4.79 Å². The Morgan fingerprint density at radius 3 is 2.55 bits per heavy atom. The van der Waals surface area contributed by atoms with Gasteiger partial charge in [-0.05, 0) is 43.0 Å². The van der Waals surface area contributed by atoms with Crippen LogP contribution >= 0.6 is 27.3 Å². The van der Waals surface area contributed by atoms with E-state index in [1.54, 1.807) is 19.1 Å². The van der Waals surface area contributed by atoms with E-state index in [0.29, 0.717) is 4.88 Å². The van der Waals surface area contributed by atoms with Crippen LogP contribution in [0.3, 0.4) is 0 Å². The van der Waals surface area contributed by atoms with Gasteiger partial charge in [-0.3, -0.25) is 9.59 Å². The van der Waals surface area contributed by atoms with Gasteiger partial charge in [0.25, 0.3) is 5.91 Å². The fourth-order valence-corrected chi connectivity index (χ4v) is 2.98. The Kier molecular flexibility index (Phi) is 5.74. The molecule has 0 aliphatic rings. The third-order valence-electron chi connectivity index (χ3n) is 3.19. The molecule has 6 heteroatoms. The Morgan fingerprint density at radius 2 is 1.91 bits per heavy atom. The third kappa shape index (κ3) is 4.42. The standard InChI is InChI=1S/C16H17BrN2O2S/c1-10(12-5-3-6-13(17)9-12)18-15(20)11(2)19-16(21)14-7-4-8-22-14/h3-11H,1-2H3,(H,18,20)(H,19,21). The van der Waals surface area contributed by atoms with E-state index in [1.165, 1.54) is 11.3 Å². The van der Waals surface area contributed by atoms with Crippen LogP contribution in [0.15, 0.2) is 46.3 Å². The molecule has 2 aromatic rings. The number of hydrogen-bond donors (Lipinski definition) is 2. The smallest absolute Gasteiger partial charge is 0.261 e. The Balaban J connectivity index is 1.92. The van der Waals surface area contributed by atoms with Gasteiger partial charge in [-0.1, -0.05) is 34.1 Å². The predicted molar refractivity (Wildman–Crippen MR) is 91.9 cm³/mol. The lowest BCUT2D eigenvalue weighted by Gasteiger charge is -2.19. The quantitative estimate of drug-likeness (QED) is 0.833. The zero-order valence-corrected chi connectivity index (χ0v) is 14.7. The SMILES string of the molecule is CC(NC(=O)c1cccs1)C(=O)NC(C)c1cccc(Br)c1. The predicted octanol–water partition coefficient (Wildman–Crippen LogP) is 3.51. The Labute approximate surface area is 142 Å². The van der Waals surface area contributed by atoms with E-state index in [4.69, 9.17) is 0 Å². The minimum absolute atomic E-state index is 0.133. The van der Waals surface area contributed by atoms with Gasteiger partial charge in [-0.25, -0.2) is 0 Å². The zero-order valence-electron chi connectivity index (χ0n) is 12.3. The summed E-state index contributed by atoms with van der Waals surface area (Å²) in [4.78, 5) is 24.7. The summed E-state index contributed by atoms with van der Waals surface area (Å²) in [7, 11) is 0. The monoisotopic (exact) mass is 380 g/mol. The van der Waals surface area contributed by atoms with Crippen LogP contribution < -0.4 is 10.6 Å². The number of benzene rings is 1. The lowest BCUT2D eigenvalue weighted by molar-refractivity contribution is -0.123.